The van der Waals surface area contributed by atoms with Gasteiger partial charge in [-0.05, 0) is 24.5 Å². The van der Waals surface area contributed by atoms with Gasteiger partial charge in [0.1, 0.15) is 12.7 Å². The fourth-order valence-corrected chi connectivity index (χ4v) is 2.82. The van der Waals surface area contributed by atoms with Crippen molar-refractivity contribution in [1.82, 2.24) is 19.7 Å². The fourth-order valence-electron chi connectivity index (χ4n) is 2.82. The maximum Gasteiger partial charge on any atom is 0.155 e. The third kappa shape index (κ3) is 1.80. The van der Waals surface area contributed by atoms with Gasteiger partial charge in [0.25, 0.3) is 0 Å². The van der Waals surface area contributed by atoms with E-state index in [2.05, 4.69) is 21.1 Å². The summed E-state index contributed by atoms with van der Waals surface area (Å²) in [6, 6.07) is 4.11. The molecular formula is C13H17N5. The van der Waals surface area contributed by atoms with Crippen molar-refractivity contribution in [1.29, 1.82) is 0 Å². The van der Waals surface area contributed by atoms with Crippen molar-refractivity contribution >= 4 is 0 Å². The smallest absolute Gasteiger partial charge is 0.155 e. The van der Waals surface area contributed by atoms with Crippen molar-refractivity contribution in [2.75, 3.05) is 6.54 Å². The van der Waals surface area contributed by atoms with E-state index in [4.69, 9.17) is 5.73 Å². The van der Waals surface area contributed by atoms with Crippen molar-refractivity contribution in [3.63, 3.8) is 0 Å². The molecule has 2 aromatic rings. The highest BCUT2D eigenvalue weighted by Crippen LogP contribution is 2.39. The van der Waals surface area contributed by atoms with Crippen LogP contribution in [0.2, 0.25) is 0 Å². The van der Waals surface area contributed by atoms with Crippen LogP contribution in [0, 0.1) is 0 Å². The summed E-state index contributed by atoms with van der Waals surface area (Å²) < 4.78 is 1.66. The molecule has 18 heavy (non-hydrogen) atoms. The van der Waals surface area contributed by atoms with Gasteiger partial charge in [-0.25, -0.2) is 14.6 Å². The van der Waals surface area contributed by atoms with Gasteiger partial charge in [-0.2, -0.15) is 5.10 Å². The molecule has 1 aliphatic carbocycles. The first-order valence-electron chi connectivity index (χ1n) is 6.36. The average molecular weight is 243 g/mol. The normalized spacial score (nSPS) is 18.1. The van der Waals surface area contributed by atoms with Gasteiger partial charge in [0.2, 0.25) is 0 Å². The number of nitrogens with two attached hydrogens (primary N) is 1. The first-order valence-corrected chi connectivity index (χ1v) is 6.36. The number of hydrogen-bond acceptors (Lipinski definition) is 4. The van der Waals surface area contributed by atoms with Crippen LogP contribution in [0.1, 0.15) is 31.2 Å². The van der Waals surface area contributed by atoms with Gasteiger partial charge in [0.05, 0.1) is 0 Å². The Kier molecular flexibility index (Phi) is 2.83. The van der Waals surface area contributed by atoms with Crippen LogP contribution >= 0.6 is 0 Å². The minimum Gasteiger partial charge on any atom is -0.330 e. The van der Waals surface area contributed by atoms with Crippen molar-refractivity contribution in [3.05, 3.63) is 36.5 Å². The Balaban J connectivity index is 1.91. The van der Waals surface area contributed by atoms with E-state index in [-0.39, 0.29) is 5.41 Å². The van der Waals surface area contributed by atoms with Crippen molar-refractivity contribution in [3.8, 4) is 5.82 Å². The van der Waals surface area contributed by atoms with Gasteiger partial charge < -0.3 is 5.73 Å². The number of aromatic nitrogens is 4. The number of rotatable bonds is 3. The van der Waals surface area contributed by atoms with Crippen LogP contribution in [0.5, 0.6) is 0 Å². The summed E-state index contributed by atoms with van der Waals surface area (Å²) in [7, 11) is 0. The Morgan fingerprint density at radius 1 is 1.28 bits per heavy atom. The molecule has 0 spiro atoms. The second-order valence-electron chi connectivity index (χ2n) is 4.94. The molecular weight excluding hydrogens is 226 g/mol. The summed E-state index contributed by atoms with van der Waals surface area (Å²) >= 11 is 0. The van der Waals surface area contributed by atoms with Crippen molar-refractivity contribution in [2.45, 2.75) is 31.1 Å². The molecule has 0 unspecified atom stereocenters. The molecule has 0 bridgehead atoms. The summed E-state index contributed by atoms with van der Waals surface area (Å²) in [6.07, 6.45) is 9.98. The van der Waals surface area contributed by atoms with Crippen LogP contribution in [0.3, 0.4) is 0 Å². The topological polar surface area (TPSA) is 69.6 Å². The molecule has 5 heteroatoms. The van der Waals surface area contributed by atoms with Gasteiger partial charge in [-0.15, -0.1) is 0 Å². The summed E-state index contributed by atoms with van der Waals surface area (Å²) in [5, 5.41) is 4.07. The van der Waals surface area contributed by atoms with Crippen LogP contribution in [0.4, 0.5) is 0 Å². The highest BCUT2D eigenvalue weighted by Gasteiger charge is 2.34. The van der Waals surface area contributed by atoms with Crippen LogP contribution in [-0.4, -0.2) is 26.3 Å². The van der Waals surface area contributed by atoms with E-state index >= 15 is 0 Å². The predicted molar refractivity (Wildman–Crippen MR) is 68.4 cm³/mol. The van der Waals surface area contributed by atoms with E-state index in [0.29, 0.717) is 6.54 Å². The minimum atomic E-state index is 0.147. The zero-order valence-corrected chi connectivity index (χ0v) is 10.3. The molecule has 1 aliphatic rings. The Morgan fingerprint density at radius 3 is 2.67 bits per heavy atom. The summed E-state index contributed by atoms with van der Waals surface area (Å²) in [6.45, 7) is 0.706. The molecule has 0 radical (unpaired) electrons. The van der Waals surface area contributed by atoms with Gasteiger partial charge in [-0.1, -0.05) is 18.9 Å². The van der Waals surface area contributed by atoms with Crippen LogP contribution in [0.25, 0.3) is 5.82 Å². The van der Waals surface area contributed by atoms with Crippen LogP contribution < -0.4 is 5.73 Å². The molecule has 2 aromatic heterocycles. The fraction of sp³-hybridized carbons (Fsp3) is 0.462. The van der Waals surface area contributed by atoms with Crippen molar-refractivity contribution < 1.29 is 0 Å². The molecule has 1 saturated carbocycles. The highest BCUT2D eigenvalue weighted by molar-refractivity contribution is 5.30. The SMILES string of the molecule is NCC1(c2ccc(-n3cncn3)nc2)CCCC1. The molecule has 0 saturated heterocycles. The molecule has 2 heterocycles. The second kappa shape index (κ2) is 4.49. The maximum absolute atomic E-state index is 5.98. The second-order valence-corrected chi connectivity index (χ2v) is 4.94. The Morgan fingerprint density at radius 2 is 2.11 bits per heavy atom. The lowest BCUT2D eigenvalue weighted by molar-refractivity contribution is 0.451. The molecule has 0 aliphatic heterocycles. The van der Waals surface area contributed by atoms with E-state index in [1.807, 2.05) is 12.3 Å². The molecule has 0 atom stereocenters. The van der Waals surface area contributed by atoms with E-state index < -0.39 is 0 Å². The Labute approximate surface area is 106 Å². The lowest BCUT2D eigenvalue weighted by Crippen LogP contribution is -2.32. The van der Waals surface area contributed by atoms with Crippen molar-refractivity contribution in [2.24, 2.45) is 5.73 Å². The molecule has 2 N–H and O–H groups in total. The van der Waals surface area contributed by atoms with Gasteiger partial charge in [0, 0.05) is 18.2 Å². The predicted octanol–water partition coefficient (Wildman–Crippen LogP) is 1.43. The lowest BCUT2D eigenvalue weighted by atomic mass is 9.80. The highest BCUT2D eigenvalue weighted by atomic mass is 15.3. The zero-order chi connectivity index (χ0) is 12.4. The molecule has 3 rings (SSSR count). The summed E-state index contributed by atoms with van der Waals surface area (Å²) in [5.41, 5.74) is 7.38. The quantitative estimate of drug-likeness (QED) is 0.885. The van der Waals surface area contributed by atoms with E-state index in [0.717, 1.165) is 5.82 Å². The number of nitrogens with zero attached hydrogens (tertiary/aromatic N) is 4. The number of pyridine rings is 1. The van der Waals surface area contributed by atoms with Gasteiger partial charge in [-0.3, -0.25) is 0 Å². The lowest BCUT2D eigenvalue weighted by Gasteiger charge is -2.27. The zero-order valence-electron chi connectivity index (χ0n) is 10.3. The molecule has 0 aromatic carbocycles. The minimum absolute atomic E-state index is 0.147. The molecule has 0 amide bonds. The summed E-state index contributed by atoms with van der Waals surface area (Å²) in [5.74, 6) is 0.793. The first kappa shape index (κ1) is 11.3. The first-order chi connectivity index (χ1) is 8.84. The van der Waals surface area contributed by atoms with Crippen LogP contribution in [-0.2, 0) is 5.41 Å². The van der Waals surface area contributed by atoms with Gasteiger partial charge in [0.15, 0.2) is 5.82 Å². The largest absolute Gasteiger partial charge is 0.330 e. The third-order valence-electron chi connectivity index (χ3n) is 3.97. The summed E-state index contributed by atoms with van der Waals surface area (Å²) in [4.78, 5) is 8.38. The third-order valence-corrected chi connectivity index (χ3v) is 3.97. The molecule has 94 valence electrons. The Bertz CT molecular complexity index is 497. The standard InChI is InChI=1S/C13H17N5/c14-8-13(5-1-2-6-13)11-3-4-12(16-7-11)18-10-15-9-17-18/h3-4,7,9-10H,1-2,5-6,8,14H2. The van der Waals surface area contributed by atoms with Crippen LogP contribution in [0.15, 0.2) is 31.0 Å². The van der Waals surface area contributed by atoms with E-state index in [1.165, 1.54) is 37.6 Å². The van der Waals surface area contributed by atoms with E-state index in [1.54, 1.807) is 11.0 Å². The molecule has 5 nitrogen and oxygen atoms in total. The number of hydrogen-bond donors (Lipinski definition) is 1. The monoisotopic (exact) mass is 243 g/mol. The van der Waals surface area contributed by atoms with E-state index in [9.17, 15) is 0 Å². The average Bonchev–Trinajstić information content (AvgIpc) is 3.11. The van der Waals surface area contributed by atoms with Gasteiger partial charge >= 0.3 is 0 Å². The maximum atomic E-state index is 5.98. The Hall–Kier alpha value is -1.75. The molecule has 1 fully saturated rings.